The van der Waals surface area contributed by atoms with Crippen molar-refractivity contribution in [3.05, 3.63) is 47.5 Å². The molecule has 0 spiro atoms. The minimum absolute atomic E-state index is 0.00730. The maximum Gasteiger partial charge on any atom is 0.228 e. The van der Waals surface area contributed by atoms with Crippen molar-refractivity contribution in [3.8, 4) is 0 Å². The van der Waals surface area contributed by atoms with Crippen LogP contribution in [-0.2, 0) is 17.8 Å². The number of aryl methyl sites for hydroxylation is 2. The molecule has 2 aliphatic heterocycles. The molecule has 1 aromatic carbocycles. The van der Waals surface area contributed by atoms with Gasteiger partial charge in [0.1, 0.15) is 5.82 Å². The van der Waals surface area contributed by atoms with E-state index in [0.29, 0.717) is 0 Å². The number of benzene rings is 1. The van der Waals surface area contributed by atoms with Gasteiger partial charge in [-0.2, -0.15) is 0 Å². The molecule has 0 fully saturated rings. The molecule has 2 aliphatic rings. The van der Waals surface area contributed by atoms with Gasteiger partial charge in [-0.15, -0.1) is 11.8 Å². The number of rotatable bonds is 2. The van der Waals surface area contributed by atoms with E-state index < -0.39 is 0 Å². The summed E-state index contributed by atoms with van der Waals surface area (Å²) in [5.74, 6) is 2.16. The van der Waals surface area contributed by atoms with Crippen LogP contribution < -0.4 is 5.32 Å². The number of imidazole rings is 1. The maximum absolute atomic E-state index is 12.6. The Bertz CT molecular complexity index is 724. The van der Waals surface area contributed by atoms with Crippen LogP contribution in [0.15, 0.2) is 35.4 Å². The lowest BCUT2D eigenvalue weighted by Crippen LogP contribution is -2.43. The van der Waals surface area contributed by atoms with Crippen molar-refractivity contribution in [2.45, 2.75) is 43.2 Å². The van der Waals surface area contributed by atoms with Gasteiger partial charge in [0.15, 0.2) is 0 Å². The number of aromatic nitrogens is 2. The van der Waals surface area contributed by atoms with Gasteiger partial charge < -0.3 is 9.88 Å². The Kier molecular flexibility index (Phi) is 3.45. The molecule has 0 bridgehead atoms. The summed E-state index contributed by atoms with van der Waals surface area (Å²) in [6.45, 7) is 2.86. The fourth-order valence-electron chi connectivity index (χ4n) is 3.39. The van der Waals surface area contributed by atoms with Crippen molar-refractivity contribution < 1.29 is 4.79 Å². The molecule has 1 amide bonds. The van der Waals surface area contributed by atoms with Gasteiger partial charge in [-0.1, -0.05) is 18.2 Å². The second-order valence-corrected chi connectivity index (χ2v) is 7.16. The lowest BCUT2D eigenvalue weighted by Gasteiger charge is -2.26. The summed E-state index contributed by atoms with van der Waals surface area (Å²) in [4.78, 5) is 18.4. The van der Waals surface area contributed by atoms with Crippen molar-refractivity contribution in [2.75, 3.05) is 5.75 Å². The Balaban J connectivity index is 1.45. The van der Waals surface area contributed by atoms with E-state index in [1.54, 1.807) is 11.8 Å². The molecule has 114 valence electrons. The Labute approximate surface area is 134 Å². The van der Waals surface area contributed by atoms with Gasteiger partial charge >= 0.3 is 0 Å². The molecule has 1 aromatic heterocycles. The summed E-state index contributed by atoms with van der Waals surface area (Å²) >= 11 is 1.78. The highest BCUT2D eigenvalue weighted by molar-refractivity contribution is 7.99. The number of amides is 1. The zero-order valence-corrected chi connectivity index (χ0v) is 13.4. The molecule has 3 heterocycles. The number of thioether (sulfide) groups is 1. The van der Waals surface area contributed by atoms with Gasteiger partial charge in [0.2, 0.25) is 5.91 Å². The van der Waals surface area contributed by atoms with Crippen LogP contribution in [0.2, 0.25) is 0 Å². The highest BCUT2D eigenvalue weighted by Crippen LogP contribution is 2.39. The topological polar surface area (TPSA) is 46.9 Å². The van der Waals surface area contributed by atoms with Crippen LogP contribution in [-0.4, -0.2) is 27.3 Å². The molecule has 4 rings (SSSR count). The Morgan fingerprint density at radius 2 is 2.27 bits per heavy atom. The van der Waals surface area contributed by atoms with Crippen LogP contribution in [0.25, 0.3) is 0 Å². The first kappa shape index (κ1) is 13.9. The van der Waals surface area contributed by atoms with E-state index in [9.17, 15) is 4.79 Å². The van der Waals surface area contributed by atoms with Crippen LogP contribution >= 0.6 is 11.8 Å². The Hall–Kier alpha value is -1.75. The van der Waals surface area contributed by atoms with Gasteiger partial charge in [-0.25, -0.2) is 4.98 Å². The average Bonchev–Trinajstić information content (AvgIpc) is 3.09. The molecule has 0 saturated heterocycles. The second kappa shape index (κ2) is 5.47. The molecular weight excluding hydrogens is 294 g/mol. The molecule has 0 radical (unpaired) electrons. The first-order valence-electron chi connectivity index (χ1n) is 7.75. The first-order chi connectivity index (χ1) is 10.7. The van der Waals surface area contributed by atoms with Gasteiger partial charge in [0.05, 0.1) is 11.6 Å². The standard InChI is InChI=1S/C17H19N3OS/c1-11-8-20-9-12(6-7-16(20)18-11)19-17(21)14-10-22-15-5-3-2-4-13(14)15/h2-5,8,12,14H,6-7,9-10H2,1H3,(H,19,21)/t12-,14-/m0/s1. The number of fused-ring (bicyclic) bond motifs is 2. The summed E-state index contributed by atoms with van der Waals surface area (Å²) in [5.41, 5.74) is 2.24. The predicted octanol–water partition coefficient (Wildman–Crippen LogP) is 2.51. The number of nitrogens with one attached hydrogen (secondary N) is 1. The first-order valence-corrected chi connectivity index (χ1v) is 8.74. The molecular formula is C17H19N3OS. The average molecular weight is 313 g/mol. The molecule has 5 heteroatoms. The quantitative estimate of drug-likeness (QED) is 0.927. The second-order valence-electron chi connectivity index (χ2n) is 6.10. The molecule has 22 heavy (non-hydrogen) atoms. The lowest BCUT2D eigenvalue weighted by atomic mass is 9.99. The summed E-state index contributed by atoms with van der Waals surface area (Å²) in [7, 11) is 0. The Morgan fingerprint density at radius 1 is 1.41 bits per heavy atom. The highest BCUT2D eigenvalue weighted by atomic mass is 32.2. The summed E-state index contributed by atoms with van der Waals surface area (Å²) < 4.78 is 2.18. The third-order valence-corrected chi connectivity index (χ3v) is 5.66. The maximum atomic E-state index is 12.6. The molecule has 4 nitrogen and oxygen atoms in total. The molecule has 2 atom stereocenters. The summed E-state index contributed by atoms with van der Waals surface area (Å²) in [5, 5.41) is 3.25. The van der Waals surface area contributed by atoms with E-state index in [0.717, 1.165) is 36.7 Å². The minimum Gasteiger partial charge on any atom is -0.351 e. The number of carbonyl (C=O) groups excluding carboxylic acids is 1. The molecule has 0 saturated carbocycles. The van der Waals surface area contributed by atoms with Crippen molar-refractivity contribution in [3.63, 3.8) is 0 Å². The number of carbonyl (C=O) groups is 1. The van der Waals surface area contributed by atoms with Crippen LogP contribution in [0.4, 0.5) is 0 Å². The van der Waals surface area contributed by atoms with E-state index in [1.807, 2.05) is 19.1 Å². The zero-order chi connectivity index (χ0) is 15.1. The minimum atomic E-state index is -0.00730. The largest absolute Gasteiger partial charge is 0.351 e. The third-order valence-electron chi connectivity index (χ3n) is 4.48. The van der Waals surface area contributed by atoms with E-state index >= 15 is 0 Å². The summed E-state index contributed by atoms with van der Waals surface area (Å²) in [6.07, 6.45) is 3.99. The molecule has 0 aliphatic carbocycles. The Morgan fingerprint density at radius 3 is 3.18 bits per heavy atom. The monoisotopic (exact) mass is 313 g/mol. The predicted molar refractivity (Wildman–Crippen MR) is 87.1 cm³/mol. The molecule has 2 aromatic rings. The van der Waals surface area contributed by atoms with E-state index in [4.69, 9.17) is 0 Å². The van der Waals surface area contributed by atoms with E-state index in [2.05, 4.69) is 33.2 Å². The van der Waals surface area contributed by atoms with Crippen molar-refractivity contribution in [2.24, 2.45) is 0 Å². The van der Waals surface area contributed by atoms with Crippen molar-refractivity contribution in [1.82, 2.24) is 14.9 Å². The van der Waals surface area contributed by atoms with Crippen molar-refractivity contribution >= 4 is 17.7 Å². The van der Waals surface area contributed by atoms with Gasteiger partial charge in [-0.05, 0) is 25.0 Å². The van der Waals surface area contributed by atoms with Crippen LogP contribution in [0.1, 0.15) is 29.4 Å². The van der Waals surface area contributed by atoms with Crippen LogP contribution in [0, 0.1) is 6.92 Å². The van der Waals surface area contributed by atoms with Crippen molar-refractivity contribution in [1.29, 1.82) is 0 Å². The SMILES string of the molecule is Cc1cn2c(n1)CC[C@H](NC(=O)[C@H]1CSc3ccccc31)C2. The third kappa shape index (κ3) is 2.43. The highest BCUT2D eigenvalue weighted by Gasteiger charge is 2.31. The van der Waals surface area contributed by atoms with E-state index in [1.165, 1.54) is 10.5 Å². The van der Waals surface area contributed by atoms with Crippen LogP contribution in [0.3, 0.4) is 0 Å². The molecule has 0 unspecified atom stereocenters. The zero-order valence-electron chi connectivity index (χ0n) is 12.6. The smallest absolute Gasteiger partial charge is 0.228 e. The van der Waals surface area contributed by atoms with E-state index in [-0.39, 0.29) is 17.9 Å². The number of hydrogen-bond acceptors (Lipinski definition) is 3. The molecule has 1 N–H and O–H groups in total. The van der Waals surface area contributed by atoms with Gasteiger partial charge in [-0.3, -0.25) is 4.79 Å². The summed E-state index contributed by atoms with van der Waals surface area (Å²) in [6, 6.07) is 8.46. The van der Waals surface area contributed by atoms with Gasteiger partial charge in [0, 0.05) is 35.9 Å². The van der Waals surface area contributed by atoms with Crippen LogP contribution in [0.5, 0.6) is 0 Å². The fourth-order valence-corrected chi connectivity index (χ4v) is 4.61. The van der Waals surface area contributed by atoms with Gasteiger partial charge in [0.25, 0.3) is 0 Å². The lowest BCUT2D eigenvalue weighted by molar-refractivity contribution is -0.123. The number of nitrogens with zero attached hydrogens (tertiary/aromatic N) is 2. The number of hydrogen-bond donors (Lipinski definition) is 1. The normalized spacial score (nSPS) is 23.0. The fraction of sp³-hybridized carbons (Fsp3) is 0.412.